The molecule has 0 saturated carbocycles. The highest BCUT2D eigenvalue weighted by molar-refractivity contribution is 6.29. The third-order valence-corrected chi connectivity index (χ3v) is 2.80. The first-order valence-corrected chi connectivity index (χ1v) is 6.59. The number of para-hydroxylation sites is 1. The van der Waals surface area contributed by atoms with Gasteiger partial charge >= 0.3 is 6.36 Å². The number of ether oxygens (including phenoxy) is 1. The van der Waals surface area contributed by atoms with Crippen molar-refractivity contribution < 1.29 is 17.9 Å². The number of rotatable bonds is 5. The summed E-state index contributed by atoms with van der Waals surface area (Å²) in [5.41, 5.74) is 5.86. The molecule has 0 radical (unpaired) electrons. The molecule has 0 atom stereocenters. The largest absolute Gasteiger partial charge is 0.573 e. The summed E-state index contributed by atoms with van der Waals surface area (Å²) < 4.78 is 40.9. The Balaban J connectivity index is 2.00. The van der Waals surface area contributed by atoms with Gasteiger partial charge in [0.05, 0.1) is 0 Å². The van der Waals surface area contributed by atoms with E-state index in [1.165, 1.54) is 18.2 Å². The molecule has 0 saturated heterocycles. The van der Waals surface area contributed by atoms with Crippen LogP contribution in [0, 0.1) is 0 Å². The van der Waals surface area contributed by atoms with Crippen LogP contribution in [0.15, 0.2) is 30.3 Å². The number of halogens is 4. The van der Waals surface area contributed by atoms with Crippen LogP contribution in [0.1, 0.15) is 5.56 Å². The van der Waals surface area contributed by atoms with E-state index in [4.69, 9.17) is 17.3 Å². The molecule has 2 aromatic rings. The summed E-state index contributed by atoms with van der Waals surface area (Å²) in [5.74, 6) is 0.180. The van der Waals surface area contributed by atoms with Crippen molar-refractivity contribution in [3.63, 3.8) is 0 Å². The minimum atomic E-state index is -4.72. The summed E-state index contributed by atoms with van der Waals surface area (Å²) in [4.78, 5) is 7.61. The maximum absolute atomic E-state index is 12.3. The number of hydrogen-bond donors (Lipinski definition) is 2. The monoisotopic (exact) mass is 332 g/mol. The zero-order valence-electron chi connectivity index (χ0n) is 11.2. The molecule has 0 aliphatic rings. The number of alkyl halides is 3. The van der Waals surface area contributed by atoms with Crippen molar-refractivity contribution in [2.45, 2.75) is 12.8 Å². The number of nitrogens with two attached hydrogens (primary N) is 1. The Labute approximate surface area is 129 Å². The maximum Gasteiger partial charge on any atom is 0.573 e. The van der Waals surface area contributed by atoms with Crippen LogP contribution in [0.3, 0.4) is 0 Å². The molecule has 22 heavy (non-hydrogen) atoms. The molecular weight excluding hydrogens is 321 g/mol. The molecule has 0 amide bonds. The lowest BCUT2D eigenvalue weighted by molar-refractivity contribution is -0.274. The topological polar surface area (TPSA) is 73.1 Å². The molecule has 1 aromatic heterocycles. The van der Waals surface area contributed by atoms with Crippen molar-refractivity contribution in [3.8, 4) is 5.75 Å². The smallest absolute Gasteiger partial charge is 0.406 e. The molecule has 0 bridgehead atoms. The first-order valence-electron chi connectivity index (χ1n) is 6.21. The quantitative estimate of drug-likeness (QED) is 0.822. The summed E-state index contributed by atoms with van der Waals surface area (Å²) >= 11 is 5.73. The molecule has 118 valence electrons. The SMILES string of the molecule is Nc1nc(Cl)cc(NCCc2ccccc2OC(F)(F)F)n1. The molecule has 5 nitrogen and oxygen atoms in total. The van der Waals surface area contributed by atoms with Gasteiger partial charge in [0.1, 0.15) is 16.7 Å². The van der Waals surface area contributed by atoms with Gasteiger partial charge in [0.2, 0.25) is 5.95 Å². The van der Waals surface area contributed by atoms with Crippen molar-refractivity contribution >= 4 is 23.4 Å². The Bertz CT molecular complexity index is 631. The molecular formula is C13H12ClF3N4O. The second kappa shape index (κ2) is 6.69. The van der Waals surface area contributed by atoms with E-state index in [1.54, 1.807) is 12.1 Å². The van der Waals surface area contributed by atoms with Crippen LogP contribution in [0.2, 0.25) is 5.15 Å². The van der Waals surface area contributed by atoms with E-state index in [0.717, 1.165) is 0 Å². The molecule has 1 heterocycles. The third-order valence-electron chi connectivity index (χ3n) is 2.61. The van der Waals surface area contributed by atoms with Gasteiger partial charge in [0.15, 0.2) is 0 Å². The van der Waals surface area contributed by atoms with Crippen molar-refractivity contribution in [2.24, 2.45) is 0 Å². The Kier molecular flexibility index (Phi) is 4.92. The average molecular weight is 333 g/mol. The summed E-state index contributed by atoms with van der Waals surface area (Å²) in [6, 6.07) is 7.41. The number of hydrogen-bond acceptors (Lipinski definition) is 5. The van der Waals surface area contributed by atoms with Crippen LogP contribution >= 0.6 is 11.6 Å². The molecule has 0 aliphatic carbocycles. The van der Waals surface area contributed by atoms with E-state index >= 15 is 0 Å². The predicted molar refractivity (Wildman–Crippen MR) is 76.8 cm³/mol. The van der Waals surface area contributed by atoms with E-state index in [1.807, 2.05) is 0 Å². The molecule has 0 unspecified atom stereocenters. The van der Waals surface area contributed by atoms with Crippen molar-refractivity contribution in [3.05, 3.63) is 41.0 Å². The maximum atomic E-state index is 12.3. The molecule has 3 N–H and O–H groups in total. The first kappa shape index (κ1) is 16.2. The molecule has 0 aliphatic heterocycles. The Morgan fingerprint density at radius 1 is 1.23 bits per heavy atom. The summed E-state index contributed by atoms with van der Waals surface area (Å²) in [7, 11) is 0. The zero-order chi connectivity index (χ0) is 16.2. The van der Waals surface area contributed by atoms with Gasteiger partial charge in [-0.15, -0.1) is 13.2 Å². The highest BCUT2D eigenvalue weighted by atomic mass is 35.5. The number of anilines is 2. The fourth-order valence-corrected chi connectivity index (χ4v) is 1.98. The second-order valence-corrected chi connectivity index (χ2v) is 4.65. The van der Waals surface area contributed by atoms with Crippen LogP contribution in [0.4, 0.5) is 24.9 Å². The predicted octanol–water partition coefficient (Wildman–Crippen LogP) is 3.27. The standard InChI is InChI=1S/C13H12ClF3N4O/c14-10-7-11(21-12(18)20-10)19-6-5-8-3-1-2-4-9(8)22-13(15,16)17/h1-4,7H,5-6H2,(H3,18,19,20,21). The minimum absolute atomic E-state index is 0.0100. The summed E-state index contributed by atoms with van der Waals surface area (Å²) in [6.07, 6.45) is -4.42. The summed E-state index contributed by atoms with van der Waals surface area (Å²) in [6.45, 7) is 0.324. The van der Waals surface area contributed by atoms with E-state index in [-0.39, 0.29) is 16.9 Å². The molecule has 1 aromatic carbocycles. The Morgan fingerprint density at radius 3 is 2.64 bits per heavy atom. The van der Waals surface area contributed by atoms with Gasteiger partial charge in [0.25, 0.3) is 0 Å². The molecule has 2 rings (SSSR count). The van der Waals surface area contributed by atoms with Crippen molar-refractivity contribution in [1.29, 1.82) is 0 Å². The van der Waals surface area contributed by atoms with Crippen LogP contribution in [0.5, 0.6) is 5.75 Å². The van der Waals surface area contributed by atoms with Gasteiger partial charge in [-0.1, -0.05) is 29.8 Å². The van der Waals surface area contributed by atoms with E-state index in [2.05, 4.69) is 20.0 Å². The lowest BCUT2D eigenvalue weighted by atomic mass is 10.1. The second-order valence-electron chi connectivity index (χ2n) is 4.27. The highest BCUT2D eigenvalue weighted by Gasteiger charge is 2.31. The van der Waals surface area contributed by atoms with Crippen LogP contribution in [-0.2, 0) is 6.42 Å². The van der Waals surface area contributed by atoms with Gasteiger partial charge in [-0.05, 0) is 18.1 Å². The van der Waals surface area contributed by atoms with Crippen LogP contribution < -0.4 is 15.8 Å². The number of nitrogens with zero attached hydrogens (tertiary/aromatic N) is 2. The van der Waals surface area contributed by atoms with Gasteiger partial charge in [-0.25, -0.2) is 4.98 Å². The van der Waals surface area contributed by atoms with Gasteiger partial charge in [-0.3, -0.25) is 0 Å². The minimum Gasteiger partial charge on any atom is -0.406 e. The number of nitrogen functional groups attached to an aromatic ring is 1. The number of aromatic nitrogens is 2. The van der Waals surface area contributed by atoms with Gasteiger partial charge in [-0.2, -0.15) is 4.98 Å². The third kappa shape index (κ3) is 4.96. The summed E-state index contributed by atoms with van der Waals surface area (Å²) in [5, 5.41) is 3.09. The van der Waals surface area contributed by atoms with E-state index in [9.17, 15) is 13.2 Å². The lowest BCUT2D eigenvalue weighted by Gasteiger charge is -2.13. The fraction of sp³-hybridized carbons (Fsp3) is 0.231. The van der Waals surface area contributed by atoms with E-state index in [0.29, 0.717) is 24.3 Å². The number of nitrogens with one attached hydrogen (secondary N) is 1. The number of benzene rings is 1. The highest BCUT2D eigenvalue weighted by Crippen LogP contribution is 2.26. The Morgan fingerprint density at radius 2 is 1.95 bits per heavy atom. The molecule has 0 fully saturated rings. The van der Waals surface area contributed by atoms with Gasteiger partial charge < -0.3 is 15.8 Å². The lowest BCUT2D eigenvalue weighted by Crippen LogP contribution is -2.18. The van der Waals surface area contributed by atoms with Crippen LogP contribution in [-0.4, -0.2) is 22.9 Å². The fourth-order valence-electron chi connectivity index (χ4n) is 1.79. The molecule has 9 heteroatoms. The first-order chi connectivity index (χ1) is 10.3. The van der Waals surface area contributed by atoms with Crippen molar-refractivity contribution in [1.82, 2.24) is 9.97 Å². The molecule has 0 spiro atoms. The van der Waals surface area contributed by atoms with Gasteiger partial charge in [0, 0.05) is 12.6 Å². The normalized spacial score (nSPS) is 11.3. The van der Waals surface area contributed by atoms with Crippen molar-refractivity contribution in [2.75, 3.05) is 17.6 Å². The van der Waals surface area contributed by atoms with E-state index < -0.39 is 6.36 Å². The Hall–Kier alpha value is -2.22. The van der Waals surface area contributed by atoms with Crippen LogP contribution in [0.25, 0.3) is 0 Å². The zero-order valence-corrected chi connectivity index (χ0v) is 11.9. The average Bonchev–Trinajstić information content (AvgIpc) is 2.38.